The zero-order valence-corrected chi connectivity index (χ0v) is 16.0. The van der Waals surface area contributed by atoms with Crippen molar-refractivity contribution in [1.82, 2.24) is 14.9 Å². The van der Waals surface area contributed by atoms with Crippen molar-refractivity contribution in [3.8, 4) is 22.9 Å². The molecule has 3 rings (SSSR count). The minimum Gasteiger partial charge on any atom is -0.497 e. The van der Waals surface area contributed by atoms with Crippen LogP contribution in [-0.2, 0) is 0 Å². The molecular weight excluding hydrogens is 404 g/mol. The molecule has 0 fully saturated rings. The van der Waals surface area contributed by atoms with Crippen LogP contribution in [0, 0.1) is 0 Å². The first-order chi connectivity index (χ1) is 12.2. The first kappa shape index (κ1) is 17.6. The summed E-state index contributed by atoms with van der Waals surface area (Å²) in [5.74, 6) is 9.05. The summed E-state index contributed by atoms with van der Waals surface area (Å²) in [4.78, 5) is 0. The van der Waals surface area contributed by atoms with Crippen LogP contribution >= 0.6 is 27.7 Å². The van der Waals surface area contributed by atoms with Gasteiger partial charge in [-0.1, -0.05) is 27.7 Å². The fraction of sp³-hybridized carbons (Fsp3) is 0.176. The molecule has 130 valence electrons. The van der Waals surface area contributed by atoms with Crippen molar-refractivity contribution in [3.63, 3.8) is 0 Å². The van der Waals surface area contributed by atoms with Crippen molar-refractivity contribution in [3.05, 3.63) is 53.0 Å². The number of aromatic nitrogens is 3. The molecule has 0 amide bonds. The Kier molecular flexibility index (Phi) is 5.83. The summed E-state index contributed by atoms with van der Waals surface area (Å²) in [6, 6.07) is 15.3. The summed E-state index contributed by atoms with van der Waals surface area (Å²) in [6.07, 6.45) is 0. The lowest BCUT2D eigenvalue weighted by atomic mass is 10.2. The predicted molar refractivity (Wildman–Crippen MR) is 103 cm³/mol. The van der Waals surface area contributed by atoms with Crippen LogP contribution in [0.5, 0.6) is 11.5 Å². The third-order valence-corrected chi connectivity index (χ3v) is 4.85. The van der Waals surface area contributed by atoms with Crippen LogP contribution in [0.15, 0.2) is 58.2 Å². The summed E-state index contributed by atoms with van der Waals surface area (Å²) in [7, 11) is 1.63. The molecule has 8 heteroatoms. The second-order valence-electron chi connectivity index (χ2n) is 5.06. The van der Waals surface area contributed by atoms with Crippen LogP contribution in [0.1, 0.15) is 0 Å². The number of thioether (sulfide) groups is 1. The maximum absolute atomic E-state index is 6.11. The minimum absolute atomic E-state index is 0.553. The number of hydrogen-bond donors (Lipinski definition) is 1. The topological polar surface area (TPSA) is 75.2 Å². The third-order valence-electron chi connectivity index (χ3n) is 3.41. The van der Waals surface area contributed by atoms with Crippen molar-refractivity contribution >= 4 is 27.7 Å². The Hall–Kier alpha value is -2.19. The van der Waals surface area contributed by atoms with Gasteiger partial charge >= 0.3 is 0 Å². The van der Waals surface area contributed by atoms with E-state index in [1.165, 1.54) is 16.4 Å². The molecule has 0 saturated carbocycles. The standard InChI is InChI=1S/C17H17BrN4O2S/c1-23-14-6-2-12(3-7-14)16-20-21-17(22(16)19)25-11-10-24-15-8-4-13(18)5-9-15/h2-9H,10-11,19H2,1H3. The van der Waals surface area contributed by atoms with Crippen LogP contribution in [-0.4, -0.2) is 34.3 Å². The first-order valence-electron chi connectivity index (χ1n) is 7.53. The molecule has 2 aromatic carbocycles. The summed E-state index contributed by atoms with van der Waals surface area (Å²) in [6.45, 7) is 0.553. The first-order valence-corrected chi connectivity index (χ1v) is 9.31. The normalized spacial score (nSPS) is 10.6. The van der Waals surface area contributed by atoms with E-state index in [1.807, 2.05) is 48.5 Å². The fourth-order valence-corrected chi connectivity index (χ4v) is 3.07. The van der Waals surface area contributed by atoms with Crippen molar-refractivity contribution in [2.24, 2.45) is 0 Å². The molecule has 0 atom stereocenters. The lowest BCUT2D eigenvalue weighted by Crippen LogP contribution is -2.12. The smallest absolute Gasteiger partial charge is 0.210 e. The van der Waals surface area contributed by atoms with E-state index in [-0.39, 0.29) is 0 Å². The van der Waals surface area contributed by atoms with E-state index in [0.717, 1.165) is 21.5 Å². The van der Waals surface area contributed by atoms with Gasteiger partial charge in [0.2, 0.25) is 5.16 Å². The molecule has 6 nitrogen and oxygen atoms in total. The second kappa shape index (κ2) is 8.26. The van der Waals surface area contributed by atoms with Crippen LogP contribution in [0.2, 0.25) is 0 Å². The number of halogens is 1. The summed E-state index contributed by atoms with van der Waals surface area (Å²) in [5, 5.41) is 8.96. The van der Waals surface area contributed by atoms with E-state index in [0.29, 0.717) is 23.3 Å². The molecule has 2 N–H and O–H groups in total. The van der Waals surface area contributed by atoms with E-state index in [9.17, 15) is 0 Å². The zero-order chi connectivity index (χ0) is 17.6. The molecule has 0 bridgehead atoms. The highest BCUT2D eigenvalue weighted by Crippen LogP contribution is 2.23. The number of rotatable bonds is 7. The average Bonchev–Trinajstić information content (AvgIpc) is 3.01. The van der Waals surface area contributed by atoms with Gasteiger partial charge in [-0.3, -0.25) is 0 Å². The SMILES string of the molecule is COc1ccc(-c2nnc(SCCOc3ccc(Br)cc3)n2N)cc1. The van der Waals surface area contributed by atoms with E-state index in [4.69, 9.17) is 15.3 Å². The van der Waals surface area contributed by atoms with Crippen LogP contribution in [0.3, 0.4) is 0 Å². The fourth-order valence-electron chi connectivity index (χ4n) is 2.14. The van der Waals surface area contributed by atoms with Gasteiger partial charge in [0.25, 0.3) is 0 Å². The summed E-state index contributed by atoms with van der Waals surface area (Å²) < 4.78 is 13.4. The van der Waals surface area contributed by atoms with Gasteiger partial charge in [-0.15, -0.1) is 10.2 Å². The van der Waals surface area contributed by atoms with Gasteiger partial charge in [-0.05, 0) is 48.5 Å². The van der Waals surface area contributed by atoms with Crippen LogP contribution < -0.4 is 15.3 Å². The highest BCUT2D eigenvalue weighted by atomic mass is 79.9. The van der Waals surface area contributed by atoms with E-state index in [2.05, 4.69) is 26.1 Å². The Morgan fingerprint density at radius 3 is 2.40 bits per heavy atom. The Balaban J connectivity index is 1.56. The molecule has 3 aromatic rings. The van der Waals surface area contributed by atoms with Crippen LogP contribution in [0.4, 0.5) is 0 Å². The molecule has 1 aromatic heterocycles. The van der Waals surface area contributed by atoms with Gasteiger partial charge in [0.15, 0.2) is 5.82 Å². The molecular formula is C17H17BrN4O2S. The minimum atomic E-state index is 0.553. The van der Waals surface area contributed by atoms with Crippen molar-refractivity contribution in [2.45, 2.75) is 5.16 Å². The number of nitrogen functional groups attached to an aromatic ring is 1. The lowest BCUT2D eigenvalue weighted by molar-refractivity contribution is 0.344. The van der Waals surface area contributed by atoms with Crippen molar-refractivity contribution in [1.29, 1.82) is 0 Å². The number of ether oxygens (including phenoxy) is 2. The number of hydrogen-bond acceptors (Lipinski definition) is 6. The maximum Gasteiger partial charge on any atom is 0.210 e. The molecule has 1 heterocycles. The van der Waals surface area contributed by atoms with E-state index >= 15 is 0 Å². The largest absolute Gasteiger partial charge is 0.497 e. The second-order valence-corrected chi connectivity index (χ2v) is 7.03. The Morgan fingerprint density at radius 2 is 1.72 bits per heavy atom. The highest BCUT2D eigenvalue weighted by Gasteiger charge is 2.12. The predicted octanol–water partition coefficient (Wildman–Crippen LogP) is 3.60. The van der Waals surface area contributed by atoms with Crippen molar-refractivity contribution < 1.29 is 9.47 Å². The summed E-state index contributed by atoms with van der Waals surface area (Å²) >= 11 is 4.89. The quantitative estimate of drug-likeness (QED) is 0.357. The van der Waals surface area contributed by atoms with Gasteiger partial charge in [0, 0.05) is 15.8 Å². The highest BCUT2D eigenvalue weighted by molar-refractivity contribution is 9.10. The Bertz CT molecular complexity index is 822. The Morgan fingerprint density at radius 1 is 1.04 bits per heavy atom. The maximum atomic E-state index is 6.11. The molecule has 0 aliphatic rings. The molecule has 0 aliphatic carbocycles. The van der Waals surface area contributed by atoms with E-state index < -0.39 is 0 Å². The molecule has 0 unspecified atom stereocenters. The molecule has 0 spiro atoms. The molecule has 0 radical (unpaired) electrons. The molecule has 25 heavy (non-hydrogen) atoms. The van der Waals surface area contributed by atoms with Gasteiger partial charge in [-0.25, -0.2) is 4.68 Å². The summed E-state index contributed by atoms with van der Waals surface area (Å²) in [5.41, 5.74) is 0.883. The number of nitrogens with zero attached hydrogens (tertiary/aromatic N) is 3. The van der Waals surface area contributed by atoms with E-state index in [1.54, 1.807) is 7.11 Å². The molecule has 0 saturated heterocycles. The van der Waals surface area contributed by atoms with Gasteiger partial charge in [-0.2, -0.15) is 0 Å². The van der Waals surface area contributed by atoms with Gasteiger partial charge in [0.1, 0.15) is 11.5 Å². The number of benzene rings is 2. The lowest BCUT2D eigenvalue weighted by Gasteiger charge is -2.06. The number of methoxy groups -OCH3 is 1. The Labute approximate surface area is 158 Å². The number of nitrogens with two attached hydrogens (primary N) is 1. The van der Waals surface area contributed by atoms with Crippen molar-refractivity contribution in [2.75, 3.05) is 25.3 Å². The third kappa shape index (κ3) is 4.46. The monoisotopic (exact) mass is 420 g/mol. The van der Waals surface area contributed by atoms with Gasteiger partial charge in [0.05, 0.1) is 13.7 Å². The zero-order valence-electron chi connectivity index (χ0n) is 13.6. The van der Waals surface area contributed by atoms with Crippen LogP contribution in [0.25, 0.3) is 11.4 Å². The average molecular weight is 421 g/mol. The van der Waals surface area contributed by atoms with Gasteiger partial charge < -0.3 is 15.3 Å². The molecule has 0 aliphatic heterocycles.